The third-order valence-corrected chi connectivity index (χ3v) is 3.25. The number of phenols is 1. The molecule has 1 aromatic heterocycles. The Hall–Kier alpha value is -1.49. The van der Waals surface area contributed by atoms with Gasteiger partial charge in [-0.05, 0) is 39.5 Å². The molecular weight excluding hydrogens is 284 g/mol. The molecule has 0 amide bonds. The second kappa shape index (κ2) is 4.41. The summed E-state index contributed by atoms with van der Waals surface area (Å²) in [5.74, 6) is 0.698. The molecule has 0 spiro atoms. The van der Waals surface area contributed by atoms with E-state index in [4.69, 9.17) is 10.3 Å². The Labute approximate surface area is 108 Å². The van der Waals surface area contributed by atoms with E-state index in [2.05, 4.69) is 34.9 Å². The first-order valence-corrected chi connectivity index (χ1v) is 6.03. The molecule has 1 aromatic carbocycles. The number of nitrogens with zero attached hydrogens (tertiary/aromatic N) is 1. The minimum atomic E-state index is 0.143. The van der Waals surface area contributed by atoms with Gasteiger partial charge in [-0.15, -0.1) is 0 Å². The number of anilines is 1. The highest BCUT2D eigenvalue weighted by molar-refractivity contribution is 9.10. The molecule has 0 saturated heterocycles. The van der Waals surface area contributed by atoms with Gasteiger partial charge in [0.25, 0.3) is 0 Å². The molecule has 17 heavy (non-hydrogen) atoms. The Morgan fingerprint density at radius 3 is 2.59 bits per heavy atom. The van der Waals surface area contributed by atoms with E-state index in [-0.39, 0.29) is 11.6 Å². The van der Waals surface area contributed by atoms with Gasteiger partial charge in [-0.2, -0.15) is 0 Å². The fourth-order valence-electron chi connectivity index (χ4n) is 1.61. The van der Waals surface area contributed by atoms with Crippen molar-refractivity contribution in [1.29, 1.82) is 0 Å². The third-order valence-electron chi connectivity index (χ3n) is 2.64. The lowest BCUT2D eigenvalue weighted by Crippen LogP contribution is -1.91. The molecule has 0 bridgehead atoms. The van der Waals surface area contributed by atoms with Crippen LogP contribution in [0.25, 0.3) is 11.1 Å². The fraction of sp³-hybridized carbons (Fsp3) is 0.250. The van der Waals surface area contributed by atoms with Crippen molar-refractivity contribution in [3.63, 3.8) is 0 Å². The van der Waals surface area contributed by atoms with Crippen LogP contribution in [0, 0.1) is 0 Å². The van der Waals surface area contributed by atoms with E-state index < -0.39 is 0 Å². The second-order valence-corrected chi connectivity index (χ2v) is 5.01. The fourth-order valence-corrected chi connectivity index (χ4v) is 2.09. The van der Waals surface area contributed by atoms with Crippen LogP contribution in [0.1, 0.15) is 25.3 Å². The van der Waals surface area contributed by atoms with Gasteiger partial charge in [0.1, 0.15) is 5.75 Å². The molecule has 0 aliphatic heterocycles. The molecule has 0 saturated carbocycles. The number of halogens is 1. The zero-order valence-corrected chi connectivity index (χ0v) is 11.2. The summed E-state index contributed by atoms with van der Waals surface area (Å²) in [4.78, 5) is 0. The summed E-state index contributed by atoms with van der Waals surface area (Å²) in [6, 6.07) is 3.79. The molecule has 0 radical (unpaired) electrons. The first kappa shape index (κ1) is 12.0. The van der Waals surface area contributed by atoms with Gasteiger partial charge in [-0.1, -0.05) is 19.0 Å². The lowest BCUT2D eigenvalue weighted by Gasteiger charge is -2.11. The molecule has 5 heteroatoms. The number of aromatic nitrogens is 1. The number of hydrogen-bond donors (Lipinski definition) is 2. The monoisotopic (exact) mass is 296 g/mol. The minimum absolute atomic E-state index is 0.143. The number of benzene rings is 1. The number of hydrogen-bond acceptors (Lipinski definition) is 4. The average molecular weight is 297 g/mol. The summed E-state index contributed by atoms with van der Waals surface area (Å²) < 4.78 is 5.45. The number of rotatable bonds is 2. The van der Waals surface area contributed by atoms with E-state index in [1.165, 1.54) is 6.20 Å². The Bertz CT molecular complexity index is 549. The van der Waals surface area contributed by atoms with Gasteiger partial charge in [0.15, 0.2) is 0 Å². The molecule has 0 fully saturated rings. The van der Waals surface area contributed by atoms with Gasteiger partial charge in [0.05, 0.1) is 16.2 Å². The molecule has 2 aromatic rings. The SMILES string of the molecule is CC(C)c1cc(Br)c(O)c(-c2cnoc2N)c1. The van der Waals surface area contributed by atoms with Crippen LogP contribution >= 0.6 is 15.9 Å². The van der Waals surface area contributed by atoms with Crippen LogP contribution in [0.5, 0.6) is 5.75 Å². The highest BCUT2D eigenvalue weighted by atomic mass is 79.9. The van der Waals surface area contributed by atoms with E-state index in [0.29, 0.717) is 21.5 Å². The van der Waals surface area contributed by atoms with Crippen molar-refractivity contribution in [2.45, 2.75) is 19.8 Å². The van der Waals surface area contributed by atoms with Crippen LogP contribution in [0.15, 0.2) is 27.3 Å². The zero-order valence-electron chi connectivity index (χ0n) is 9.57. The number of phenolic OH excluding ortho intramolecular Hbond substituents is 1. The van der Waals surface area contributed by atoms with Crippen LogP contribution in [0.4, 0.5) is 5.88 Å². The maximum absolute atomic E-state index is 10.0. The van der Waals surface area contributed by atoms with Gasteiger partial charge < -0.3 is 15.4 Å². The van der Waals surface area contributed by atoms with Crippen molar-refractivity contribution in [3.05, 3.63) is 28.4 Å². The topological polar surface area (TPSA) is 72.3 Å². The lowest BCUT2D eigenvalue weighted by atomic mass is 9.98. The average Bonchev–Trinajstić information content (AvgIpc) is 2.68. The van der Waals surface area contributed by atoms with Gasteiger partial charge in [0, 0.05) is 5.56 Å². The molecule has 3 N–H and O–H groups in total. The van der Waals surface area contributed by atoms with Crippen molar-refractivity contribution >= 4 is 21.8 Å². The van der Waals surface area contributed by atoms with Crippen LogP contribution in [0.2, 0.25) is 0 Å². The highest BCUT2D eigenvalue weighted by Gasteiger charge is 2.16. The quantitative estimate of drug-likeness (QED) is 0.889. The van der Waals surface area contributed by atoms with Gasteiger partial charge in [-0.25, -0.2) is 0 Å². The summed E-state index contributed by atoms with van der Waals surface area (Å²) in [5.41, 5.74) is 7.99. The molecule has 0 aliphatic carbocycles. The predicted molar refractivity (Wildman–Crippen MR) is 69.8 cm³/mol. The lowest BCUT2D eigenvalue weighted by molar-refractivity contribution is 0.436. The van der Waals surface area contributed by atoms with Crippen LogP contribution in [-0.2, 0) is 0 Å². The van der Waals surface area contributed by atoms with Gasteiger partial charge >= 0.3 is 0 Å². The standard InChI is InChI=1S/C12H13BrN2O2/c1-6(2)7-3-8(11(16)10(13)4-7)9-5-15-17-12(9)14/h3-6,16H,14H2,1-2H3. The largest absolute Gasteiger partial charge is 0.506 e. The molecular formula is C12H13BrN2O2. The summed E-state index contributed by atoms with van der Waals surface area (Å²) >= 11 is 3.33. The maximum atomic E-state index is 10.0. The summed E-state index contributed by atoms with van der Waals surface area (Å²) in [7, 11) is 0. The Kier molecular flexibility index (Phi) is 3.11. The Morgan fingerprint density at radius 1 is 1.35 bits per heavy atom. The number of nitrogens with two attached hydrogens (primary N) is 1. The van der Waals surface area contributed by atoms with Gasteiger partial charge in [0.2, 0.25) is 5.88 Å². The minimum Gasteiger partial charge on any atom is -0.506 e. The van der Waals surface area contributed by atoms with Crippen molar-refractivity contribution in [2.24, 2.45) is 0 Å². The first-order valence-electron chi connectivity index (χ1n) is 5.23. The zero-order chi connectivity index (χ0) is 12.6. The maximum Gasteiger partial charge on any atom is 0.230 e. The number of nitrogen functional groups attached to an aromatic ring is 1. The predicted octanol–water partition coefficient (Wildman–Crippen LogP) is 3.52. The van der Waals surface area contributed by atoms with Crippen molar-refractivity contribution in [1.82, 2.24) is 5.16 Å². The van der Waals surface area contributed by atoms with Crippen molar-refractivity contribution < 1.29 is 9.63 Å². The smallest absolute Gasteiger partial charge is 0.230 e. The number of aromatic hydroxyl groups is 1. The van der Waals surface area contributed by atoms with E-state index in [1.807, 2.05) is 12.1 Å². The first-order chi connectivity index (χ1) is 8.00. The van der Waals surface area contributed by atoms with Crippen LogP contribution < -0.4 is 5.73 Å². The Balaban J connectivity index is 2.65. The van der Waals surface area contributed by atoms with Crippen LogP contribution in [0.3, 0.4) is 0 Å². The van der Waals surface area contributed by atoms with E-state index in [0.717, 1.165) is 5.56 Å². The van der Waals surface area contributed by atoms with Crippen LogP contribution in [-0.4, -0.2) is 10.3 Å². The van der Waals surface area contributed by atoms with Gasteiger partial charge in [-0.3, -0.25) is 0 Å². The summed E-state index contributed by atoms with van der Waals surface area (Å²) in [6.45, 7) is 4.17. The molecule has 0 atom stereocenters. The summed E-state index contributed by atoms with van der Waals surface area (Å²) in [6.07, 6.45) is 1.50. The molecule has 1 heterocycles. The molecule has 0 unspecified atom stereocenters. The highest BCUT2D eigenvalue weighted by Crippen LogP contribution is 2.40. The Morgan fingerprint density at radius 2 is 2.06 bits per heavy atom. The molecule has 4 nitrogen and oxygen atoms in total. The molecule has 90 valence electrons. The van der Waals surface area contributed by atoms with Crippen molar-refractivity contribution in [2.75, 3.05) is 5.73 Å². The van der Waals surface area contributed by atoms with E-state index in [9.17, 15) is 5.11 Å². The van der Waals surface area contributed by atoms with E-state index in [1.54, 1.807) is 0 Å². The third kappa shape index (κ3) is 2.15. The van der Waals surface area contributed by atoms with E-state index >= 15 is 0 Å². The normalized spacial score (nSPS) is 11.1. The molecule has 0 aliphatic rings. The molecule has 2 rings (SSSR count). The second-order valence-electron chi connectivity index (χ2n) is 4.16. The van der Waals surface area contributed by atoms with Crippen molar-refractivity contribution in [3.8, 4) is 16.9 Å². The summed E-state index contributed by atoms with van der Waals surface area (Å²) in [5, 5.41) is 13.6.